The van der Waals surface area contributed by atoms with Gasteiger partial charge in [0.1, 0.15) is 4.90 Å². The minimum absolute atomic E-state index is 0.0208. The topological polar surface area (TPSA) is 85.1 Å². The summed E-state index contributed by atoms with van der Waals surface area (Å²) in [6, 6.07) is 2.90. The molecular formula is C11H12ClN3O2S2. The number of nitrogens with one attached hydrogen (secondary N) is 1. The van der Waals surface area contributed by atoms with Crippen LogP contribution in [0, 0.1) is 6.92 Å². The lowest BCUT2D eigenvalue weighted by Gasteiger charge is -2.09. The highest BCUT2D eigenvalue weighted by atomic mass is 35.5. The first-order valence-electron chi connectivity index (χ1n) is 5.32. The minimum Gasteiger partial charge on any atom is -0.398 e. The number of hydrogen-bond donors (Lipinski definition) is 2. The van der Waals surface area contributed by atoms with Crippen LogP contribution in [-0.2, 0) is 16.6 Å². The molecule has 0 spiro atoms. The maximum atomic E-state index is 12.1. The minimum atomic E-state index is -3.70. The number of hydrogen-bond acceptors (Lipinski definition) is 5. The molecule has 19 heavy (non-hydrogen) atoms. The van der Waals surface area contributed by atoms with Gasteiger partial charge >= 0.3 is 0 Å². The van der Waals surface area contributed by atoms with E-state index >= 15 is 0 Å². The molecule has 1 aromatic carbocycles. The molecule has 2 rings (SSSR count). The maximum Gasteiger partial charge on any atom is 0.242 e. The molecular weight excluding hydrogens is 306 g/mol. The number of rotatable bonds is 4. The van der Waals surface area contributed by atoms with E-state index in [0.29, 0.717) is 11.4 Å². The lowest BCUT2D eigenvalue weighted by molar-refractivity contribution is 0.580. The zero-order valence-electron chi connectivity index (χ0n) is 10.1. The molecule has 0 radical (unpaired) electrons. The third-order valence-corrected chi connectivity index (χ3v) is 5.04. The van der Waals surface area contributed by atoms with Gasteiger partial charge in [-0.1, -0.05) is 11.6 Å². The molecule has 0 unspecified atom stereocenters. The summed E-state index contributed by atoms with van der Waals surface area (Å²) >= 11 is 7.36. The second kappa shape index (κ2) is 5.46. The number of benzene rings is 1. The molecule has 1 heterocycles. The summed E-state index contributed by atoms with van der Waals surface area (Å²) < 4.78 is 26.7. The Morgan fingerprint density at radius 3 is 2.84 bits per heavy atom. The largest absolute Gasteiger partial charge is 0.398 e. The molecule has 0 fully saturated rings. The first kappa shape index (κ1) is 14.3. The summed E-state index contributed by atoms with van der Waals surface area (Å²) in [5, 5.41) is 1.92. The van der Waals surface area contributed by atoms with Crippen molar-refractivity contribution in [3.63, 3.8) is 0 Å². The first-order chi connectivity index (χ1) is 8.90. The molecule has 0 saturated heterocycles. The Kier molecular flexibility index (Phi) is 4.10. The molecule has 1 aromatic heterocycles. The van der Waals surface area contributed by atoms with E-state index < -0.39 is 10.0 Å². The molecule has 0 aliphatic rings. The molecule has 3 N–H and O–H groups in total. The quantitative estimate of drug-likeness (QED) is 0.846. The van der Waals surface area contributed by atoms with Gasteiger partial charge in [0, 0.05) is 11.1 Å². The van der Waals surface area contributed by atoms with Crippen molar-refractivity contribution >= 4 is 38.6 Å². The third kappa shape index (κ3) is 3.24. The fourth-order valence-corrected chi connectivity index (χ4v) is 3.62. The monoisotopic (exact) mass is 317 g/mol. The van der Waals surface area contributed by atoms with Crippen molar-refractivity contribution < 1.29 is 8.42 Å². The van der Waals surface area contributed by atoms with Crippen LogP contribution in [0.1, 0.15) is 11.3 Å². The zero-order chi connectivity index (χ0) is 14.0. The molecule has 2 aromatic rings. The van der Waals surface area contributed by atoms with Crippen LogP contribution in [0.25, 0.3) is 0 Å². The summed E-state index contributed by atoms with van der Waals surface area (Å²) in [7, 11) is -3.70. The lowest BCUT2D eigenvalue weighted by Crippen LogP contribution is -2.24. The summed E-state index contributed by atoms with van der Waals surface area (Å²) in [5.41, 5.74) is 9.14. The van der Waals surface area contributed by atoms with Gasteiger partial charge in [0.15, 0.2) is 0 Å². The van der Waals surface area contributed by atoms with E-state index in [-0.39, 0.29) is 16.5 Å². The number of halogens is 1. The van der Waals surface area contributed by atoms with Gasteiger partial charge in [-0.05, 0) is 24.6 Å². The van der Waals surface area contributed by atoms with Crippen molar-refractivity contribution in [3.05, 3.63) is 39.3 Å². The predicted molar refractivity (Wildman–Crippen MR) is 76.7 cm³/mol. The van der Waals surface area contributed by atoms with Crippen LogP contribution < -0.4 is 10.5 Å². The van der Waals surface area contributed by atoms with E-state index in [1.165, 1.54) is 23.5 Å². The second-order valence-corrected chi connectivity index (χ2v) is 6.80. The van der Waals surface area contributed by atoms with Crippen LogP contribution in [0.15, 0.2) is 27.9 Å². The van der Waals surface area contributed by atoms with Crippen LogP contribution in [0.3, 0.4) is 0 Å². The Labute approximate surface area is 120 Å². The van der Waals surface area contributed by atoms with E-state index in [0.717, 1.165) is 5.56 Å². The van der Waals surface area contributed by atoms with Crippen LogP contribution in [0.4, 0.5) is 5.69 Å². The van der Waals surface area contributed by atoms with Gasteiger partial charge in [-0.15, -0.1) is 11.3 Å². The average Bonchev–Trinajstić information content (AvgIpc) is 2.84. The summed E-state index contributed by atoms with van der Waals surface area (Å²) in [5.74, 6) is 0. The standard InChI is InChI=1S/C11H12ClN3O2S2/c1-7-2-9(12)11(3-10(7)13)19(16,17)15-4-8-5-18-6-14-8/h2-3,5-6,15H,4,13H2,1H3. The van der Waals surface area contributed by atoms with E-state index in [1.54, 1.807) is 17.8 Å². The molecule has 0 saturated carbocycles. The SMILES string of the molecule is Cc1cc(Cl)c(S(=O)(=O)NCc2cscn2)cc1N. The lowest BCUT2D eigenvalue weighted by atomic mass is 10.2. The maximum absolute atomic E-state index is 12.1. The second-order valence-electron chi connectivity index (χ2n) is 3.94. The number of thiazole rings is 1. The number of nitrogens with zero attached hydrogens (tertiary/aromatic N) is 1. The van der Waals surface area contributed by atoms with Crippen molar-refractivity contribution in [2.45, 2.75) is 18.4 Å². The molecule has 0 amide bonds. The smallest absolute Gasteiger partial charge is 0.242 e. The van der Waals surface area contributed by atoms with E-state index in [4.69, 9.17) is 17.3 Å². The third-order valence-electron chi connectivity index (χ3n) is 2.54. The van der Waals surface area contributed by atoms with Crippen molar-refractivity contribution in [1.82, 2.24) is 9.71 Å². The van der Waals surface area contributed by atoms with Gasteiger partial charge in [0.05, 0.1) is 22.8 Å². The summed E-state index contributed by atoms with van der Waals surface area (Å²) in [6.45, 7) is 1.89. The zero-order valence-corrected chi connectivity index (χ0v) is 12.4. The Balaban J connectivity index is 2.27. The van der Waals surface area contributed by atoms with Gasteiger partial charge in [-0.2, -0.15) is 0 Å². The Morgan fingerprint density at radius 2 is 2.21 bits per heavy atom. The van der Waals surface area contributed by atoms with Gasteiger partial charge in [-0.3, -0.25) is 0 Å². The average molecular weight is 318 g/mol. The molecule has 5 nitrogen and oxygen atoms in total. The number of nitrogens with two attached hydrogens (primary N) is 1. The van der Waals surface area contributed by atoms with Crippen molar-refractivity contribution in [3.8, 4) is 0 Å². The Bertz CT molecular complexity index is 684. The van der Waals surface area contributed by atoms with Gasteiger partial charge in [0.25, 0.3) is 0 Å². The van der Waals surface area contributed by atoms with Crippen LogP contribution in [-0.4, -0.2) is 13.4 Å². The van der Waals surface area contributed by atoms with E-state index in [2.05, 4.69) is 9.71 Å². The highest BCUT2D eigenvalue weighted by Gasteiger charge is 2.19. The highest BCUT2D eigenvalue weighted by molar-refractivity contribution is 7.89. The van der Waals surface area contributed by atoms with Gasteiger partial charge < -0.3 is 5.73 Å². The fraction of sp³-hybridized carbons (Fsp3) is 0.182. The van der Waals surface area contributed by atoms with Crippen molar-refractivity contribution in [2.24, 2.45) is 0 Å². The van der Waals surface area contributed by atoms with Crippen LogP contribution >= 0.6 is 22.9 Å². The number of nitrogen functional groups attached to an aromatic ring is 1. The number of anilines is 1. The van der Waals surface area contributed by atoms with Crippen molar-refractivity contribution in [1.29, 1.82) is 0 Å². The molecule has 0 bridgehead atoms. The van der Waals surface area contributed by atoms with Crippen LogP contribution in [0.2, 0.25) is 5.02 Å². The summed E-state index contributed by atoms with van der Waals surface area (Å²) in [6.07, 6.45) is 0. The van der Waals surface area contributed by atoms with Crippen LogP contribution in [0.5, 0.6) is 0 Å². The summed E-state index contributed by atoms with van der Waals surface area (Å²) in [4.78, 5) is 3.98. The van der Waals surface area contributed by atoms with E-state index in [1.807, 2.05) is 0 Å². The van der Waals surface area contributed by atoms with Gasteiger partial charge in [-0.25, -0.2) is 18.1 Å². The Morgan fingerprint density at radius 1 is 1.47 bits per heavy atom. The molecule has 102 valence electrons. The van der Waals surface area contributed by atoms with Crippen molar-refractivity contribution in [2.75, 3.05) is 5.73 Å². The fourth-order valence-electron chi connectivity index (χ4n) is 1.45. The first-order valence-corrected chi connectivity index (χ1v) is 8.13. The highest BCUT2D eigenvalue weighted by Crippen LogP contribution is 2.26. The molecule has 0 aliphatic heterocycles. The molecule has 0 aliphatic carbocycles. The number of aryl methyl sites for hydroxylation is 1. The van der Waals surface area contributed by atoms with Gasteiger partial charge in [0.2, 0.25) is 10.0 Å². The normalized spacial score (nSPS) is 11.7. The number of sulfonamides is 1. The molecule has 8 heteroatoms. The Hall–Kier alpha value is -1.15. The predicted octanol–water partition coefficient (Wildman–Crippen LogP) is 2.17. The number of aromatic nitrogens is 1. The molecule has 0 atom stereocenters. The van der Waals surface area contributed by atoms with E-state index in [9.17, 15) is 8.42 Å².